The highest BCUT2D eigenvalue weighted by Gasteiger charge is 2.27. The van der Waals surface area contributed by atoms with Crippen LogP contribution in [0.4, 0.5) is 0 Å². The highest BCUT2D eigenvalue weighted by Crippen LogP contribution is 2.26. The Hall–Kier alpha value is -1.56. The maximum atomic E-state index is 12.6. The summed E-state index contributed by atoms with van der Waals surface area (Å²) in [7, 11) is 0. The molecule has 2 heterocycles. The molecule has 5 nitrogen and oxygen atoms in total. The van der Waals surface area contributed by atoms with Crippen molar-refractivity contribution < 1.29 is 4.79 Å². The number of hydrogen-bond donors (Lipinski definition) is 1. The van der Waals surface area contributed by atoms with E-state index < -0.39 is 0 Å². The molecule has 0 spiro atoms. The Kier molecular flexibility index (Phi) is 5.99. The van der Waals surface area contributed by atoms with E-state index in [-0.39, 0.29) is 17.4 Å². The average molecular weight is 362 g/mol. The van der Waals surface area contributed by atoms with Gasteiger partial charge in [-0.1, -0.05) is 30.3 Å². The van der Waals surface area contributed by atoms with Gasteiger partial charge in [-0.25, -0.2) is 4.98 Å². The zero-order valence-electron chi connectivity index (χ0n) is 15.1. The zero-order valence-corrected chi connectivity index (χ0v) is 16.0. The number of nitrogens with zero attached hydrogens (tertiary/aromatic N) is 2. The van der Waals surface area contributed by atoms with Gasteiger partial charge in [0.15, 0.2) is 5.16 Å². The molecule has 6 heteroatoms. The van der Waals surface area contributed by atoms with E-state index in [9.17, 15) is 9.59 Å². The van der Waals surface area contributed by atoms with Crippen molar-refractivity contribution in [2.24, 2.45) is 5.92 Å². The molecular formula is C19H27N3O2S. The van der Waals surface area contributed by atoms with Gasteiger partial charge in [0, 0.05) is 30.1 Å². The summed E-state index contributed by atoms with van der Waals surface area (Å²) in [5.41, 5.74) is 3.06. The van der Waals surface area contributed by atoms with Gasteiger partial charge in [-0.05, 0) is 45.4 Å². The Bertz CT molecular complexity index is 739. The van der Waals surface area contributed by atoms with Crippen LogP contribution in [-0.2, 0) is 17.8 Å². The minimum Gasteiger partial charge on any atom is -0.355 e. The molecule has 3 rings (SSSR count). The third-order valence-electron chi connectivity index (χ3n) is 5.11. The molecule has 0 aromatic carbocycles. The highest BCUT2D eigenvalue weighted by molar-refractivity contribution is 7.99. The summed E-state index contributed by atoms with van der Waals surface area (Å²) in [4.78, 5) is 29.7. The number of hydrogen-bond acceptors (Lipinski definition) is 4. The molecule has 1 N–H and O–H groups in total. The molecule has 0 fully saturated rings. The van der Waals surface area contributed by atoms with Crippen molar-refractivity contribution in [1.29, 1.82) is 0 Å². The van der Waals surface area contributed by atoms with Crippen molar-refractivity contribution in [3.63, 3.8) is 0 Å². The molecule has 0 saturated heterocycles. The van der Waals surface area contributed by atoms with Crippen LogP contribution in [0.25, 0.3) is 0 Å². The smallest absolute Gasteiger partial charge is 0.257 e. The normalized spacial score (nSPS) is 19.9. The van der Waals surface area contributed by atoms with E-state index in [0.717, 1.165) is 22.8 Å². The molecule has 1 aromatic heterocycles. The molecule has 0 saturated carbocycles. The van der Waals surface area contributed by atoms with E-state index in [1.165, 1.54) is 43.0 Å². The number of allylic oxidation sites excluding steroid dienone is 1. The molecule has 25 heavy (non-hydrogen) atoms. The van der Waals surface area contributed by atoms with E-state index in [1.54, 1.807) is 4.57 Å². The summed E-state index contributed by atoms with van der Waals surface area (Å²) < 4.78 is 1.69. The number of thioether (sulfide) groups is 1. The summed E-state index contributed by atoms with van der Waals surface area (Å²) in [6, 6.07) is 0. The first-order valence-electron chi connectivity index (χ1n) is 9.29. The van der Waals surface area contributed by atoms with Gasteiger partial charge in [0.05, 0.1) is 5.92 Å². The van der Waals surface area contributed by atoms with Crippen molar-refractivity contribution >= 4 is 17.7 Å². The summed E-state index contributed by atoms with van der Waals surface area (Å²) >= 11 is 1.51. The first-order valence-corrected chi connectivity index (χ1v) is 10.3. The van der Waals surface area contributed by atoms with Crippen LogP contribution in [0.2, 0.25) is 0 Å². The third kappa shape index (κ3) is 4.17. The molecular weight excluding hydrogens is 334 g/mol. The second-order valence-electron chi connectivity index (χ2n) is 6.88. The molecule has 1 aromatic rings. The highest BCUT2D eigenvalue weighted by atomic mass is 32.2. The minimum absolute atomic E-state index is 0.0161. The number of carbonyl (C=O) groups is 1. The topological polar surface area (TPSA) is 64.0 Å². The first-order chi connectivity index (χ1) is 12.1. The predicted octanol–water partition coefficient (Wildman–Crippen LogP) is 2.84. The lowest BCUT2D eigenvalue weighted by Gasteiger charge is -2.25. The van der Waals surface area contributed by atoms with E-state index in [0.29, 0.717) is 25.3 Å². The van der Waals surface area contributed by atoms with Crippen molar-refractivity contribution in [3.05, 3.63) is 33.3 Å². The van der Waals surface area contributed by atoms with Crippen LogP contribution < -0.4 is 10.9 Å². The number of rotatable bonds is 5. The lowest BCUT2D eigenvalue weighted by molar-refractivity contribution is -0.124. The van der Waals surface area contributed by atoms with Gasteiger partial charge < -0.3 is 5.32 Å². The van der Waals surface area contributed by atoms with Gasteiger partial charge in [0.25, 0.3) is 5.56 Å². The SMILES string of the molecule is CCc1c(C)nc2n(c1=O)CC(C(=O)NCCC1=CCCCC1)CS2. The van der Waals surface area contributed by atoms with Crippen LogP contribution in [-0.4, -0.2) is 27.8 Å². The van der Waals surface area contributed by atoms with Crippen molar-refractivity contribution in [1.82, 2.24) is 14.9 Å². The number of amides is 1. The third-order valence-corrected chi connectivity index (χ3v) is 6.24. The maximum Gasteiger partial charge on any atom is 0.257 e. The lowest BCUT2D eigenvalue weighted by atomic mass is 9.97. The fraction of sp³-hybridized carbons (Fsp3) is 0.632. The summed E-state index contributed by atoms with van der Waals surface area (Å²) in [6.07, 6.45) is 8.85. The van der Waals surface area contributed by atoms with Crippen LogP contribution in [0.3, 0.4) is 0 Å². The van der Waals surface area contributed by atoms with Gasteiger partial charge in [0.1, 0.15) is 0 Å². The van der Waals surface area contributed by atoms with E-state index in [1.807, 2.05) is 13.8 Å². The number of fused-ring (bicyclic) bond motifs is 1. The van der Waals surface area contributed by atoms with E-state index >= 15 is 0 Å². The quantitative estimate of drug-likeness (QED) is 0.647. The lowest BCUT2D eigenvalue weighted by Crippen LogP contribution is -2.41. The van der Waals surface area contributed by atoms with Gasteiger partial charge in [-0.2, -0.15) is 0 Å². The fourth-order valence-electron chi connectivity index (χ4n) is 3.58. The Balaban J connectivity index is 1.61. The second kappa shape index (κ2) is 8.21. The Labute approximate surface area is 153 Å². The summed E-state index contributed by atoms with van der Waals surface area (Å²) in [5.74, 6) is 0.580. The van der Waals surface area contributed by atoms with Crippen LogP contribution in [0.5, 0.6) is 0 Å². The van der Waals surface area contributed by atoms with Crippen molar-refractivity contribution in [3.8, 4) is 0 Å². The van der Waals surface area contributed by atoms with Crippen LogP contribution in [0, 0.1) is 12.8 Å². The molecule has 1 unspecified atom stereocenters. The van der Waals surface area contributed by atoms with E-state index in [2.05, 4.69) is 16.4 Å². The summed E-state index contributed by atoms with van der Waals surface area (Å²) in [5, 5.41) is 3.81. The molecule has 136 valence electrons. The molecule has 2 aliphatic rings. The van der Waals surface area contributed by atoms with Gasteiger partial charge in [0.2, 0.25) is 5.91 Å². The Morgan fingerprint density at radius 2 is 2.28 bits per heavy atom. The average Bonchev–Trinajstić information content (AvgIpc) is 2.62. The van der Waals surface area contributed by atoms with Crippen molar-refractivity contribution in [2.75, 3.05) is 12.3 Å². The fourth-order valence-corrected chi connectivity index (χ4v) is 4.71. The zero-order chi connectivity index (χ0) is 17.8. The maximum absolute atomic E-state index is 12.6. The number of aromatic nitrogens is 2. The first kappa shape index (κ1) is 18.2. The van der Waals surface area contributed by atoms with Gasteiger partial charge in [-0.3, -0.25) is 14.2 Å². The molecule has 1 aliphatic carbocycles. The Morgan fingerprint density at radius 1 is 1.44 bits per heavy atom. The molecule has 1 atom stereocenters. The summed E-state index contributed by atoms with van der Waals surface area (Å²) in [6.45, 7) is 4.99. The largest absolute Gasteiger partial charge is 0.355 e. The number of nitrogens with one attached hydrogen (secondary N) is 1. The van der Waals surface area contributed by atoms with Gasteiger partial charge >= 0.3 is 0 Å². The van der Waals surface area contributed by atoms with Crippen LogP contribution >= 0.6 is 11.8 Å². The van der Waals surface area contributed by atoms with Crippen molar-refractivity contribution in [2.45, 2.75) is 64.1 Å². The minimum atomic E-state index is -0.162. The monoisotopic (exact) mass is 361 g/mol. The second-order valence-corrected chi connectivity index (χ2v) is 7.87. The van der Waals surface area contributed by atoms with Crippen LogP contribution in [0.15, 0.2) is 21.6 Å². The van der Waals surface area contributed by atoms with E-state index in [4.69, 9.17) is 0 Å². The molecule has 1 aliphatic heterocycles. The standard InChI is InChI=1S/C19H27N3O2S/c1-3-16-13(2)21-19-22(18(16)24)11-15(12-25-19)17(23)20-10-9-14-7-5-4-6-8-14/h7,15H,3-6,8-12H2,1-2H3,(H,20,23). The molecule has 0 radical (unpaired) electrons. The van der Waals surface area contributed by atoms with Gasteiger partial charge in [-0.15, -0.1) is 0 Å². The predicted molar refractivity (Wildman–Crippen MR) is 101 cm³/mol. The number of carbonyl (C=O) groups excluding carboxylic acids is 1. The molecule has 1 amide bonds. The van der Waals surface area contributed by atoms with Crippen LogP contribution in [0.1, 0.15) is 50.3 Å². The Morgan fingerprint density at radius 3 is 3.00 bits per heavy atom. The number of aryl methyl sites for hydroxylation is 1. The molecule has 0 bridgehead atoms.